The lowest BCUT2D eigenvalue weighted by molar-refractivity contribution is 0.0736. The van der Waals surface area contributed by atoms with Gasteiger partial charge in [0.15, 0.2) is 0 Å². The summed E-state index contributed by atoms with van der Waals surface area (Å²) in [5.41, 5.74) is 2.85. The molecule has 40 heavy (non-hydrogen) atoms. The van der Waals surface area contributed by atoms with E-state index in [0.29, 0.717) is 22.7 Å². The molecule has 0 atom stereocenters. The van der Waals surface area contributed by atoms with E-state index in [2.05, 4.69) is 5.10 Å². The van der Waals surface area contributed by atoms with Gasteiger partial charge in [-0.2, -0.15) is 5.10 Å². The Kier molecular flexibility index (Phi) is 6.64. The van der Waals surface area contributed by atoms with E-state index in [1.165, 1.54) is 29.1 Å². The Morgan fingerprint density at radius 1 is 0.875 bits per heavy atom. The summed E-state index contributed by atoms with van der Waals surface area (Å²) in [5.74, 6) is 0.0427. The van der Waals surface area contributed by atoms with Gasteiger partial charge in [0.25, 0.3) is 0 Å². The first-order valence-corrected chi connectivity index (χ1v) is 12.8. The number of para-hydroxylation sites is 1. The highest BCUT2D eigenvalue weighted by atomic mass is 35.5. The van der Waals surface area contributed by atoms with Crippen molar-refractivity contribution in [2.75, 3.05) is 0 Å². The molecule has 0 unspecified atom stereocenters. The Morgan fingerprint density at radius 3 is 2.27 bits per heavy atom. The Bertz CT molecular complexity index is 1900. The van der Waals surface area contributed by atoms with Crippen LogP contribution in [0.15, 0.2) is 119 Å². The van der Waals surface area contributed by atoms with E-state index in [4.69, 9.17) is 25.5 Å². The van der Waals surface area contributed by atoms with Crippen molar-refractivity contribution >= 4 is 28.5 Å². The first-order valence-electron chi connectivity index (χ1n) is 12.4. The predicted molar refractivity (Wildman–Crippen MR) is 153 cm³/mol. The molecule has 0 aliphatic heterocycles. The first kappa shape index (κ1) is 25.2. The number of aromatic nitrogens is 2. The van der Waals surface area contributed by atoms with Gasteiger partial charge < -0.3 is 13.9 Å². The monoisotopic (exact) mass is 548 g/mol. The molecule has 2 aromatic heterocycles. The number of benzene rings is 4. The molecule has 0 fully saturated rings. The second-order valence-corrected chi connectivity index (χ2v) is 9.38. The minimum atomic E-state index is -0.702. The van der Waals surface area contributed by atoms with Crippen LogP contribution in [0, 0.1) is 6.92 Å². The van der Waals surface area contributed by atoms with Crippen LogP contribution in [0.25, 0.3) is 27.9 Å². The van der Waals surface area contributed by atoms with Crippen LogP contribution in [0.1, 0.15) is 15.9 Å². The molecule has 0 bridgehead atoms. The van der Waals surface area contributed by atoms with Gasteiger partial charge in [0.1, 0.15) is 39.8 Å². The maximum atomic E-state index is 13.5. The van der Waals surface area contributed by atoms with Gasteiger partial charge in [-0.1, -0.05) is 77.8 Å². The van der Waals surface area contributed by atoms with Crippen LogP contribution in [0.4, 0.5) is 0 Å². The van der Waals surface area contributed by atoms with Gasteiger partial charge in [-0.05, 0) is 43.3 Å². The number of halogens is 1. The van der Waals surface area contributed by atoms with Crippen molar-refractivity contribution < 1.29 is 18.7 Å². The highest BCUT2D eigenvalue weighted by Crippen LogP contribution is 2.32. The molecule has 7 nitrogen and oxygen atoms in total. The van der Waals surface area contributed by atoms with E-state index in [0.717, 1.165) is 5.56 Å². The Labute approximate surface area is 233 Å². The average Bonchev–Trinajstić information content (AvgIpc) is 3.33. The average molecular weight is 549 g/mol. The van der Waals surface area contributed by atoms with E-state index in [9.17, 15) is 9.59 Å². The fraction of sp³-hybridized carbons (Fsp3) is 0.0312. The quantitative estimate of drug-likeness (QED) is 0.157. The van der Waals surface area contributed by atoms with Crippen molar-refractivity contribution in [2.45, 2.75) is 6.92 Å². The molecule has 0 amide bonds. The Morgan fingerprint density at radius 2 is 1.55 bits per heavy atom. The zero-order chi connectivity index (χ0) is 27.6. The Hall–Kier alpha value is -5.14. The summed E-state index contributed by atoms with van der Waals surface area (Å²) in [6.45, 7) is 1.96. The summed E-state index contributed by atoms with van der Waals surface area (Å²) >= 11 is 6.71. The maximum Gasteiger partial charge on any atom is 0.349 e. The minimum absolute atomic E-state index is 0.0497. The molecule has 0 aliphatic carbocycles. The van der Waals surface area contributed by atoms with Crippen molar-refractivity contribution in [3.05, 3.63) is 136 Å². The topological polar surface area (TPSA) is 83.6 Å². The number of nitrogens with zero attached hydrogens (tertiary/aromatic N) is 2. The number of hydrogen-bond acceptors (Lipinski definition) is 6. The molecule has 6 rings (SSSR count). The van der Waals surface area contributed by atoms with Crippen LogP contribution < -0.4 is 14.9 Å². The molecular weight excluding hydrogens is 528 g/mol. The SMILES string of the molecule is Cc1ccc(Oc2coc3cc(OC(=O)c4c(-c5ccccc5)nn(-c5ccccc5)c4Cl)ccc3c2=O)cc1. The number of carbonyl (C=O) groups is 1. The lowest BCUT2D eigenvalue weighted by Gasteiger charge is -2.08. The second kappa shape index (κ2) is 10.6. The molecule has 0 saturated heterocycles. The summed E-state index contributed by atoms with van der Waals surface area (Å²) in [4.78, 5) is 26.5. The predicted octanol–water partition coefficient (Wildman–Crippen LogP) is 7.62. The molecule has 0 radical (unpaired) electrons. The van der Waals surface area contributed by atoms with Gasteiger partial charge in [0.05, 0.1) is 11.1 Å². The van der Waals surface area contributed by atoms with Gasteiger partial charge >= 0.3 is 5.97 Å². The molecule has 4 aromatic carbocycles. The zero-order valence-corrected chi connectivity index (χ0v) is 22.0. The molecular formula is C32H21ClN2O5. The van der Waals surface area contributed by atoms with E-state index < -0.39 is 5.97 Å². The van der Waals surface area contributed by atoms with Crippen molar-refractivity contribution in [1.29, 1.82) is 0 Å². The molecule has 6 aromatic rings. The highest BCUT2D eigenvalue weighted by molar-refractivity contribution is 6.33. The van der Waals surface area contributed by atoms with E-state index in [1.807, 2.05) is 79.7 Å². The number of hydrogen-bond donors (Lipinski definition) is 0. The highest BCUT2D eigenvalue weighted by Gasteiger charge is 2.26. The van der Waals surface area contributed by atoms with Crippen LogP contribution in [0.5, 0.6) is 17.2 Å². The third-order valence-electron chi connectivity index (χ3n) is 6.25. The van der Waals surface area contributed by atoms with Crippen LogP contribution in [0.2, 0.25) is 5.15 Å². The molecule has 0 spiro atoms. The largest absolute Gasteiger partial charge is 0.460 e. The van der Waals surface area contributed by atoms with Crippen molar-refractivity contribution in [1.82, 2.24) is 9.78 Å². The lowest BCUT2D eigenvalue weighted by atomic mass is 10.1. The molecule has 0 N–H and O–H groups in total. The summed E-state index contributed by atoms with van der Waals surface area (Å²) < 4.78 is 18.6. The van der Waals surface area contributed by atoms with Gasteiger partial charge in [-0.3, -0.25) is 4.79 Å². The van der Waals surface area contributed by atoms with E-state index in [1.54, 1.807) is 12.1 Å². The van der Waals surface area contributed by atoms with Gasteiger partial charge in [-0.15, -0.1) is 0 Å². The third-order valence-corrected chi connectivity index (χ3v) is 6.60. The Balaban J connectivity index is 1.33. The van der Waals surface area contributed by atoms with Crippen LogP contribution in [0.3, 0.4) is 0 Å². The summed E-state index contributed by atoms with van der Waals surface area (Å²) in [5, 5.41) is 5.03. The molecule has 8 heteroatoms. The standard InChI is InChI=1S/C32H21ClN2O5/c1-20-12-14-23(15-13-20)39-27-19-38-26-18-24(16-17-25(26)30(27)36)40-32(37)28-29(21-8-4-2-5-9-21)34-35(31(28)33)22-10-6-3-7-11-22/h2-19H,1H3. The summed E-state index contributed by atoms with van der Waals surface area (Å²) in [6, 6.07) is 30.4. The maximum absolute atomic E-state index is 13.5. The normalized spacial score (nSPS) is 10.9. The summed E-state index contributed by atoms with van der Waals surface area (Å²) in [7, 11) is 0. The summed E-state index contributed by atoms with van der Waals surface area (Å²) in [6.07, 6.45) is 1.24. The van der Waals surface area contributed by atoms with Crippen LogP contribution in [-0.4, -0.2) is 15.7 Å². The number of rotatable bonds is 6. The van der Waals surface area contributed by atoms with Crippen molar-refractivity contribution in [3.63, 3.8) is 0 Å². The number of ether oxygens (including phenoxy) is 2. The number of carbonyl (C=O) groups excluding carboxylic acids is 1. The van der Waals surface area contributed by atoms with Gasteiger partial charge in [-0.25, -0.2) is 9.48 Å². The zero-order valence-electron chi connectivity index (χ0n) is 21.2. The van der Waals surface area contributed by atoms with E-state index >= 15 is 0 Å². The van der Waals surface area contributed by atoms with Crippen molar-refractivity contribution in [3.8, 4) is 34.2 Å². The fourth-order valence-corrected chi connectivity index (χ4v) is 4.54. The number of aryl methyl sites for hydroxylation is 1. The second-order valence-electron chi connectivity index (χ2n) is 9.02. The molecule has 196 valence electrons. The van der Waals surface area contributed by atoms with Crippen LogP contribution >= 0.6 is 11.6 Å². The van der Waals surface area contributed by atoms with Gasteiger partial charge in [0, 0.05) is 11.6 Å². The third kappa shape index (κ3) is 4.86. The lowest BCUT2D eigenvalue weighted by Crippen LogP contribution is -2.10. The van der Waals surface area contributed by atoms with E-state index in [-0.39, 0.29) is 38.6 Å². The molecule has 2 heterocycles. The number of fused-ring (bicyclic) bond motifs is 1. The minimum Gasteiger partial charge on any atom is -0.460 e. The van der Waals surface area contributed by atoms with Crippen molar-refractivity contribution in [2.24, 2.45) is 0 Å². The molecule has 0 aliphatic rings. The molecule has 0 saturated carbocycles. The first-order chi connectivity index (χ1) is 19.5. The number of esters is 1. The van der Waals surface area contributed by atoms with Crippen LogP contribution in [-0.2, 0) is 0 Å². The smallest absolute Gasteiger partial charge is 0.349 e. The fourth-order valence-electron chi connectivity index (χ4n) is 4.23. The van der Waals surface area contributed by atoms with Gasteiger partial charge in [0.2, 0.25) is 11.2 Å².